The lowest BCUT2D eigenvalue weighted by molar-refractivity contribution is 1.41. The average Bonchev–Trinajstić information content (AvgIpc) is 2.78. The van der Waals surface area contributed by atoms with E-state index < -0.39 is 0 Å². The molecule has 28 heavy (non-hydrogen) atoms. The standard InChI is InChI=1S/C27H17N/c1-2-9-23-21(7-1)22-8-3-4-10-24(22)26-17-19(11-13-25(23)26)18-12-14-27-20(16-18)6-5-15-28-27/h1-17H. The molecule has 0 radical (unpaired) electrons. The van der Waals surface area contributed by atoms with Crippen molar-refractivity contribution in [3.63, 3.8) is 0 Å². The number of nitrogens with zero attached hydrogens (tertiary/aromatic N) is 1. The minimum atomic E-state index is 1.03. The Hall–Kier alpha value is -3.71. The largest absolute Gasteiger partial charge is 0.256 e. The summed E-state index contributed by atoms with van der Waals surface area (Å²) in [6.45, 7) is 0. The van der Waals surface area contributed by atoms with E-state index >= 15 is 0 Å². The van der Waals surface area contributed by atoms with Gasteiger partial charge in [-0.2, -0.15) is 0 Å². The van der Waals surface area contributed by atoms with Crippen molar-refractivity contribution >= 4 is 43.2 Å². The number of hydrogen-bond acceptors (Lipinski definition) is 1. The molecule has 5 aromatic carbocycles. The molecule has 0 saturated heterocycles. The molecule has 1 nitrogen and oxygen atoms in total. The quantitative estimate of drug-likeness (QED) is 0.281. The molecular weight excluding hydrogens is 338 g/mol. The Morgan fingerprint density at radius 2 is 1.00 bits per heavy atom. The second-order valence-electron chi connectivity index (χ2n) is 7.26. The lowest BCUT2D eigenvalue weighted by Crippen LogP contribution is -1.85. The molecule has 1 heterocycles. The third-order valence-electron chi connectivity index (χ3n) is 5.68. The van der Waals surface area contributed by atoms with Crippen molar-refractivity contribution in [1.29, 1.82) is 0 Å². The van der Waals surface area contributed by atoms with Crippen LogP contribution in [0, 0.1) is 0 Å². The third-order valence-corrected chi connectivity index (χ3v) is 5.68. The first-order chi connectivity index (χ1) is 13.9. The molecule has 0 aliphatic rings. The molecule has 0 aliphatic carbocycles. The summed E-state index contributed by atoms with van der Waals surface area (Å²) in [6, 6.07) is 34.9. The Morgan fingerprint density at radius 1 is 0.429 bits per heavy atom. The second-order valence-corrected chi connectivity index (χ2v) is 7.26. The van der Waals surface area contributed by atoms with Gasteiger partial charge in [0.1, 0.15) is 0 Å². The van der Waals surface area contributed by atoms with Crippen LogP contribution in [-0.4, -0.2) is 4.98 Å². The van der Waals surface area contributed by atoms with Crippen molar-refractivity contribution in [3.8, 4) is 11.1 Å². The Labute approximate surface area is 162 Å². The van der Waals surface area contributed by atoms with Crippen molar-refractivity contribution < 1.29 is 0 Å². The van der Waals surface area contributed by atoms with Gasteiger partial charge in [0.2, 0.25) is 0 Å². The van der Waals surface area contributed by atoms with Gasteiger partial charge in [-0.1, -0.05) is 72.8 Å². The van der Waals surface area contributed by atoms with Gasteiger partial charge in [-0.25, -0.2) is 0 Å². The second kappa shape index (κ2) is 5.90. The predicted octanol–water partition coefficient (Wildman–Crippen LogP) is 7.36. The Kier molecular flexibility index (Phi) is 3.24. The first-order valence-electron chi connectivity index (χ1n) is 9.57. The Bertz CT molecular complexity index is 1480. The molecular formula is C27H17N. The summed E-state index contributed by atoms with van der Waals surface area (Å²) in [5.74, 6) is 0. The van der Waals surface area contributed by atoms with Crippen LogP contribution in [0.2, 0.25) is 0 Å². The Balaban J connectivity index is 1.70. The highest BCUT2D eigenvalue weighted by molar-refractivity contribution is 6.25. The zero-order chi connectivity index (χ0) is 18.5. The molecule has 130 valence electrons. The highest BCUT2D eigenvalue weighted by Gasteiger charge is 2.09. The van der Waals surface area contributed by atoms with Crippen LogP contribution in [0.5, 0.6) is 0 Å². The van der Waals surface area contributed by atoms with Crippen LogP contribution in [0.25, 0.3) is 54.3 Å². The first-order valence-corrected chi connectivity index (χ1v) is 9.57. The van der Waals surface area contributed by atoms with Crippen LogP contribution in [0.1, 0.15) is 0 Å². The van der Waals surface area contributed by atoms with E-state index in [1.165, 1.54) is 48.8 Å². The fourth-order valence-corrected chi connectivity index (χ4v) is 4.34. The first kappa shape index (κ1) is 15.4. The Morgan fingerprint density at radius 3 is 1.71 bits per heavy atom. The SMILES string of the molecule is c1cnc2ccc(-c3ccc4c5ccccc5c5ccccc5c4c3)cc2c1. The minimum Gasteiger partial charge on any atom is -0.256 e. The lowest BCUT2D eigenvalue weighted by Gasteiger charge is -2.12. The topological polar surface area (TPSA) is 12.9 Å². The van der Waals surface area contributed by atoms with Gasteiger partial charge >= 0.3 is 0 Å². The highest BCUT2D eigenvalue weighted by Crippen LogP contribution is 2.37. The van der Waals surface area contributed by atoms with Gasteiger partial charge in [0, 0.05) is 11.6 Å². The summed E-state index contributed by atoms with van der Waals surface area (Å²) < 4.78 is 0. The number of fused-ring (bicyclic) bond motifs is 7. The number of benzene rings is 5. The van der Waals surface area contributed by atoms with Gasteiger partial charge in [0.25, 0.3) is 0 Å². The van der Waals surface area contributed by atoms with Crippen molar-refractivity contribution in [1.82, 2.24) is 4.98 Å². The maximum Gasteiger partial charge on any atom is 0.0702 e. The fourth-order valence-electron chi connectivity index (χ4n) is 4.34. The van der Waals surface area contributed by atoms with Crippen LogP contribution in [0.15, 0.2) is 103 Å². The van der Waals surface area contributed by atoms with Gasteiger partial charge in [-0.3, -0.25) is 4.98 Å². The summed E-state index contributed by atoms with van der Waals surface area (Å²) in [5.41, 5.74) is 3.49. The van der Waals surface area contributed by atoms with Gasteiger partial charge < -0.3 is 0 Å². The van der Waals surface area contributed by atoms with Crippen molar-refractivity contribution in [2.24, 2.45) is 0 Å². The summed E-state index contributed by atoms with van der Waals surface area (Å²) in [7, 11) is 0. The van der Waals surface area contributed by atoms with Crippen molar-refractivity contribution in [3.05, 3.63) is 103 Å². The number of aromatic nitrogens is 1. The van der Waals surface area contributed by atoms with Crippen molar-refractivity contribution in [2.45, 2.75) is 0 Å². The molecule has 6 rings (SSSR count). The summed E-state index contributed by atoms with van der Waals surface area (Å²) in [5, 5.41) is 9.02. The van der Waals surface area contributed by atoms with Crippen LogP contribution in [0.4, 0.5) is 0 Å². The molecule has 0 fully saturated rings. The highest BCUT2D eigenvalue weighted by atomic mass is 14.6. The van der Waals surface area contributed by atoms with Crippen LogP contribution < -0.4 is 0 Å². The number of hydrogen-bond donors (Lipinski definition) is 0. The minimum absolute atomic E-state index is 1.03. The molecule has 0 amide bonds. The average molecular weight is 355 g/mol. The van der Waals surface area contributed by atoms with Crippen LogP contribution >= 0.6 is 0 Å². The zero-order valence-corrected chi connectivity index (χ0v) is 15.3. The maximum absolute atomic E-state index is 4.44. The molecule has 6 aromatic rings. The van der Waals surface area contributed by atoms with E-state index in [0.29, 0.717) is 0 Å². The van der Waals surface area contributed by atoms with E-state index in [0.717, 1.165) is 5.52 Å². The maximum atomic E-state index is 4.44. The zero-order valence-electron chi connectivity index (χ0n) is 15.3. The molecule has 0 N–H and O–H groups in total. The molecule has 0 aliphatic heterocycles. The van der Waals surface area contributed by atoms with Gasteiger partial charge in [0.15, 0.2) is 0 Å². The van der Waals surface area contributed by atoms with Crippen molar-refractivity contribution in [2.75, 3.05) is 0 Å². The van der Waals surface area contributed by atoms with E-state index in [-0.39, 0.29) is 0 Å². The molecule has 0 bridgehead atoms. The molecule has 0 spiro atoms. The van der Waals surface area contributed by atoms with E-state index in [1.54, 1.807) is 0 Å². The predicted molar refractivity (Wildman–Crippen MR) is 120 cm³/mol. The van der Waals surface area contributed by atoms with Crippen LogP contribution in [-0.2, 0) is 0 Å². The molecule has 0 atom stereocenters. The van der Waals surface area contributed by atoms with E-state index in [1.807, 2.05) is 12.3 Å². The molecule has 0 unspecified atom stereocenters. The fraction of sp³-hybridized carbons (Fsp3) is 0. The monoisotopic (exact) mass is 355 g/mol. The summed E-state index contributed by atoms with van der Waals surface area (Å²) in [6.07, 6.45) is 1.84. The number of rotatable bonds is 1. The van der Waals surface area contributed by atoms with Gasteiger partial charge in [0.05, 0.1) is 5.52 Å². The van der Waals surface area contributed by atoms with Gasteiger partial charge in [-0.15, -0.1) is 0 Å². The summed E-state index contributed by atoms with van der Waals surface area (Å²) >= 11 is 0. The molecule has 1 aromatic heterocycles. The van der Waals surface area contributed by atoms with Crippen LogP contribution in [0.3, 0.4) is 0 Å². The van der Waals surface area contributed by atoms with E-state index in [4.69, 9.17) is 0 Å². The summed E-state index contributed by atoms with van der Waals surface area (Å²) in [4.78, 5) is 4.44. The van der Waals surface area contributed by atoms with E-state index in [2.05, 4.69) is 96.0 Å². The molecule has 0 saturated carbocycles. The van der Waals surface area contributed by atoms with E-state index in [9.17, 15) is 0 Å². The molecule has 1 heteroatoms. The van der Waals surface area contributed by atoms with Gasteiger partial charge in [-0.05, 0) is 67.7 Å². The number of pyridine rings is 1. The lowest BCUT2D eigenvalue weighted by atomic mass is 9.92. The normalized spacial score (nSPS) is 11.6. The third kappa shape index (κ3) is 2.23. The smallest absolute Gasteiger partial charge is 0.0702 e.